The van der Waals surface area contributed by atoms with Crippen molar-refractivity contribution >= 4 is 28.3 Å². The van der Waals surface area contributed by atoms with Crippen LogP contribution in [-0.4, -0.2) is 56.1 Å². The summed E-state index contributed by atoms with van der Waals surface area (Å²) in [6.07, 6.45) is 0.244. The summed E-state index contributed by atoms with van der Waals surface area (Å²) in [7, 11) is 1.79. The summed E-state index contributed by atoms with van der Waals surface area (Å²) < 4.78 is 5.43. The summed E-state index contributed by atoms with van der Waals surface area (Å²) in [5, 5.41) is 5.23. The minimum absolute atomic E-state index is 0.0193. The van der Waals surface area contributed by atoms with E-state index in [1.807, 2.05) is 50.2 Å². The monoisotopic (exact) mass is 473 g/mol. The van der Waals surface area contributed by atoms with Gasteiger partial charge in [0, 0.05) is 32.4 Å². The van der Waals surface area contributed by atoms with E-state index in [1.54, 1.807) is 11.9 Å². The standard InChI is InChI=1S/C29H35N3O3/c1-21(2)28(30-27(33)19-23-8-11-24-6-4-5-7-25(24)18-23)29(34)31(3)20-22-9-12-26(13-10-22)32-14-16-35-17-15-32/h4-13,18,21,28H,14-17,19-20H2,1-3H3,(H,30,33). The molecule has 6 nitrogen and oxygen atoms in total. The van der Waals surface area contributed by atoms with Gasteiger partial charge in [-0.3, -0.25) is 9.59 Å². The van der Waals surface area contributed by atoms with Gasteiger partial charge in [-0.2, -0.15) is 0 Å². The summed E-state index contributed by atoms with van der Waals surface area (Å²) >= 11 is 0. The lowest BCUT2D eigenvalue weighted by Gasteiger charge is -2.29. The smallest absolute Gasteiger partial charge is 0.245 e. The van der Waals surface area contributed by atoms with Crippen LogP contribution >= 0.6 is 0 Å². The van der Waals surface area contributed by atoms with Gasteiger partial charge < -0.3 is 19.9 Å². The van der Waals surface area contributed by atoms with Crippen LogP contribution in [0, 0.1) is 5.92 Å². The first-order chi connectivity index (χ1) is 16.9. The molecule has 1 unspecified atom stereocenters. The maximum Gasteiger partial charge on any atom is 0.245 e. The second-order valence-corrected chi connectivity index (χ2v) is 9.61. The van der Waals surface area contributed by atoms with Crippen molar-refractivity contribution in [3.63, 3.8) is 0 Å². The van der Waals surface area contributed by atoms with Crippen molar-refractivity contribution in [1.29, 1.82) is 0 Å². The molecule has 0 radical (unpaired) electrons. The molecular weight excluding hydrogens is 438 g/mol. The van der Waals surface area contributed by atoms with Crippen molar-refractivity contribution in [2.24, 2.45) is 5.92 Å². The fourth-order valence-corrected chi connectivity index (χ4v) is 4.50. The normalized spacial score (nSPS) is 14.7. The molecular formula is C29H35N3O3. The number of fused-ring (bicyclic) bond motifs is 1. The molecule has 6 heteroatoms. The number of carbonyl (C=O) groups is 2. The molecule has 1 saturated heterocycles. The van der Waals surface area contributed by atoms with Crippen molar-refractivity contribution in [2.75, 3.05) is 38.3 Å². The molecule has 1 aliphatic heterocycles. The Balaban J connectivity index is 1.35. The summed E-state index contributed by atoms with van der Waals surface area (Å²) in [4.78, 5) is 30.1. The van der Waals surface area contributed by atoms with E-state index >= 15 is 0 Å². The molecule has 184 valence electrons. The fourth-order valence-electron chi connectivity index (χ4n) is 4.50. The van der Waals surface area contributed by atoms with E-state index in [-0.39, 0.29) is 24.2 Å². The van der Waals surface area contributed by atoms with Gasteiger partial charge in [-0.05, 0) is 39.9 Å². The Labute approximate surface area is 207 Å². The number of benzene rings is 3. The molecule has 35 heavy (non-hydrogen) atoms. The molecule has 1 N–H and O–H groups in total. The van der Waals surface area contributed by atoms with E-state index in [1.165, 1.54) is 5.69 Å². The molecule has 3 aromatic rings. The molecule has 1 aliphatic rings. The number of nitrogens with zero attached hydrogens (tertiary/aromatic N) is 2. The summed E-state index contributed by atoms with van der Waals surface area (Å²) in [6.45, 7) is 7.71. The molecule has 0 spiro atoms. The molecule has 2 amide bonds. The average Bonchev–Trinajstić information content (AvgIpc) is 2.87. The lowest BCUT2D eigenvalue weighted by Crippen LogP contribution is -2.50. The number of rotatable bonds is 8. The lowest BCUT2D eigenvalue weighted by atomic mass is 10.0. The minimum atomic E-state index is -0.569. The van der Waals surface area contributed by atoms with Gasteiger partial charge in [-0.15, -0.1) is 0 Å². The van der Waals surface area contributed by atoms with Crippen molar-refractivity contribution in [3.8, 4) is 0 Å². The van der Waals surface area contributed by atoms with Gasteiger partial charge in [0.25, 0.3) is 0 Å². The first-order valence-electron chi connectivity index (χ1n) is 12.3. The Bertz CT molecular complexity index is 1150. The third-order valence-corrected chi connectivity index (χ3v) is 6.54. The van der Waals surface area contributed by atoms with Crippen LogP contribution in [0.4, 0.5) is 5.69 Å². The van der Waals surface area contributed by atoms with Crippen molar-refractivity contribution in [1.82, 2.24) is 10.2 Å². The van der Waals surface area contributed by atoms with Crippen LogP contribution in [0.2, 0.25) is 0 Å². The highest BCUT2D eigenvalue weighted by Crippen LogP contribution is 2.19. The number of ether oxygens (including phenoxy) is 1. The van der Waals surface area contributed by atoms with E-state index in [0.29, 0.717) is 6.54 Å². The first kappa shape index (κ1) is 24.7. The zero-order valence-corrected chi connectivity index (χ0v) is 20.9. The maximum atomic E-state index is 13.3. The maximum absolute atomic E-state index is 13.3. The lowest BCUT2D eigenvalue weighted by molar-refractivity contribution is -0.136. The number of anilines is 1. The van der Waals surface area contributed by atoms with Gasteiger partial charge in [0.05, 0.1) is 19.6 Å². The Morgan fingerprint density at radius 2 is 1.60 bits per heavy atom. The molecule has 4 rings (SSSR count). The second kappa shape index (κ2) is 11.4. The molecule has 3 aromatic carbocycles. The van der Waals surface area contributed by atoms with E-state index in [2.05, 4.69) is 40.5 Å². The van der Waals surface area contributed by atoms with Gasteiger partial charge in [0.1, 0.15) is 6.04 Å². The Hall–Kier alpha value is -3.38. The quantitative estimate of drug-likeness (QED) is 0.537. The zero-order chi connectivity index (χ0) is 24.8. The summed E-state index contributed by atoms with van der Waals surface area (Å²) in [6, 6.07) is 21.9. The first-order valence-corrected chi connectivity index (χ1v) is 12.3. The number of morpholine rings is 1. The number of nitrogens with one attached hydrogen (secondary N) is 1. The van der Waals surface area contributed by atoms with Crippen LogP contribution in [0.5, 0.6) is 0 Å². The SMILES string of the molecule is CC(C)C(NC(=O)Cc1ccc2ccccc2c1)C(=O)N(C)Cc1ccc(N2CCOCC2)cc1. The highest BCUT2D eigenvalue weighted by Gasteiger charge is 2.27. The topological polar surface area (TPSA) is 61.9 Å². The van der Waals surface area contributed by atoms with Crippen LogP contribution in [-0.2, 0) is 27.3 Å². The Morgan fingerprint density at radius 3 is 2.29 bits per heavy atom. The van der Waals surface area contributed by atoms with E-state index in [4.69, 9.17) is 4.74 Å². The van der Waals surface area contributed by atoms with E-state index < -0.39 is 6.04 Å². The van der Waals surface area contributed by atoms with Gasteiger partial charge in [0.2, 0.25) is 11.8 Å². The summed E-state index contributed by atoms with van der Waals surface area (Å²) in [5.41, 5.74) is 3.17. The third kappa shape index (κ3) is 6.40. The molecule has 1 fully saturated rings. The molecule has 0 saturated carbocycles. The molecule has 0 aromatic heterocycles. The summed E-state index contributed by atoms with van der Waals surface area (Å²) in [5.74, 6) is -0.242. The number of hydrogen-bond acceptors (Lipinski definition) is 4. The molecule has 1 atom stereocenters. The van der Waals surface area contributed by atoms with Crippen molar-refractivity contribution < 1.29 is 14.3 Å². The molecule has 0 bridgehead atoms. The van der Waals surface area contributed by atoms with Crippen LogP contribution in [0.1, 0.15) is 25.0 Å². The number of amides is 2. The molecule has 0 aliphatic carbocycles. The van der Waals surface area contributed by atoms with Crippen molar-refractivity contribution in [2.45, 2.75) is 32.9 Å². The van der Waals surface area contributed by atoms with Crippen LogP contribution in [0.3, 0.4) is 0 Å². The third-order valence-electron chi connectivity index (χ3n) is 6.54. The van der Waals surface area contributed by atoms with Crippen LogP contribution in [0.15, 0.2) is 66.7 Å². The predicted molar refractivity (Wildman–Crippen MR) is 140 cm³/mol. The number of hydrogen-bond donors (Lipinski definition) is 1. The zero-order valence-electron chi connectivity index (χ0n) is 20.9. The van der Waals surface area contributed by atoms with Crippen LogP contribution < -0.4 is 10.2 Å². The van der Waals surface area contributed by atoms with Crippen molar-refractivity contribution in [3.05, 3.63) is 77.9 Å². The Morgan fingerprint density at radius 1 is 0.943 bits per heavy atom. The van der Waals surface area contributed by atoms with Gasteiger partial charge >= 0.3 is 0 Å². The second-order valence-electron chi connectivity index (χ2n) is 9.61. The van der Waals surface area contributed by atoms with Gasteiger partial charge in [-0.1, -0.05) is 68.4 Å². The largest absolute Gasteiger partial charge is 0.378 e. The fraction of sp³-hybridized carbons (Fsp3) is 0.379. The minimum Gasteiger partial charge on any atom is -0.378 e. The number of carbonyl (C=O) groups excluding carboxylic acids is 2. The van der Waals surface area contributed by atoms with E-state index in [0.717, 1.165) is 48.2 Å². The van der Waals surface area contributed by atoms with Gasteiger partial charge in [-0.25, -0.2) is 0 Å². The average molecular weight is 474 g/mol. The van der Waals surface area contributed by atoms with E-state index in [9.17, 15) is 9.59 Å². The highest BCUT2D eigenvalue weighted by molar-refractivity contribution is 5.89. The predicted octanol–water partition coefficient (Wildman–Crippen LogP) is 4.02. The Kier molecular flexibility index (Phi) is 8.03. The highest BCUT2D eigenvalue weighted by atomic mass is 16.5. The van der Waals surface area contributed by atoms with Gasteiger partial charge in [0.15, 0.2) is 0 Å². The molecule has 1 heterocycles. The van der Waals surface area contributed by atoms with Crippen LogP contribution in [0.25, 0.3) is 10.8 Å². The number of likely N-dealkylation sites (N-methyl/N-ethyl adjacent to an activating group) is 1.